The van der Waals surface area contributed by atoms with E-state index < -0.39 is 35.7 Å². The molecule has 2 bridgehead atoms. The van der Waals surface area contributed by atoms with Crippen molar-refractivity contribution in [1.29, 1.82) is 0 Å². The van der Waals surface area contributed by atoms with Crippen molar-refractivity contribution in [3.63, 3.8) is 0 Å². The molecule has 3 aliphatic rings. The molecule has 42 heavy (non-hydrogen) atoms. The highest BCUT2D eigenvalue weighted by atomic mass is 16.6. The van der Waals surface area contributed by atoms with E-state index in [0.29, 0.717) is 24.1 Å². The van der Waals surface area contributed by atoms with Gasteiger partial charge in [0.25, 0.3) is 0 Å². The van der Waals surface area contributed by atoms with Crippen LogP contribution in [-0.2, 0) is 31.9 Å². The topological polar surface area (TPSA) is 120 Å². The molecule has 5 rings (SSSR count). The van der Waals surface area contributed by atoms with Gasteiger partial charge in [0.05, 0.1) is 24.7 Å². The molecule has 0 unspecified atom stereocenters. The molecule has 10 heteroatoms. The Bertz CT molecular complexity index is 1340. The van der Waals surface area contributed by atoms with Crippen LogP contribution >= 0.6 is 0 Å². The van der Waals surface area contributed by atoms with Crippen LogP contribution in [0.25, 0.3) is 11.0 Å². The highest BCUT2D eigenvalue weighted by molar-refractivity contribution is 5.91. The van der Waals surface area contributed by atoms with Crippen LogP contribution in [0.2, 0.25) is 0 Å². The van der Waals surface area contributed by atoms with Crippen LogP contribution in [0.4, 0.5) is 4.79 Å². The molecule has 228 valence electrons. The number of benzene rings is 1. The van der Waals surface area contributed by atoms with Crippen molar-refractivity contribution in [3.05, 3.63) is 29.5 Å². The maximum absolute atomic E-state index is 14.0. The first-order chi connectivity index (χ1) is 20.0. The summed E-state index contributed by atoms with van der Waals surface area (Å²) in [6, 6.07) is 4.35. The van der Waals surface area contributed by atoms with Crippen molar-refractivity contribution >= 4 is 29.0 Å². The van der Waals surface area contributed by atoms with Crippen LogP contribution in [0.5, 0.6) is 5.88 Å². The second kappa shape index (κ2) is 12.1. The van der Waals surface area contributed by atoms with Gasteiger partial charge in [0.15, 0.2) is 0 Å². The van der Waals surface area contributed by atoms with Gasteiger partial charge in [-0.1, -0.05) is 53.5 Å². The van der Waals surface area contributed by atoms with Crippen molar-refractivity contribution in [2.75, 3.05) is 13.7 Å². The molecule has 6 atom stereocenters. The molecule has 1 saturated heterocycles. The Morgan fingerprint density at radius 2 is 1.90 bits per heavy atom. The first-order valence-corrected chi connectivity index (χ1v) is 15.3. The second-order valence-electron chi connectivity index (χ2n) is 13.2. The zero-order valence-corrected chi connectivity index (χ0v) is 25.6. The Morgan fingerprint density at radius 1 is 1.12 bits per heavy atom. The summed E-state index contributed by atoms with van der Waals surface area (Å²) < 4.78 is 17.3. The number of aromatic nitrogens is 2. The number of aryl methyl sites for hydroxylation is 2. The minimum absolute atomic E-state index is 0.145. The van der Waals surface area contributed by atoms with Gasteiger partial charge in [-0.15, -0.1) is 0 Å². The van der Waals surface area contributed by atoms with Crippen molar-refractivity contribution < 1.29 is 28.6 Å². The van der Waals surface area contributed by atoms with Gasteiger partial charge in [0.1, 0.15) is 30.0 Å². The van der Waals surface area contributed by atoms with Crippen molar-refractivity contribution in [1.82, 2.24) is 20.2 Å². The third-order valence-corrected chi connectivity index (χ3v) is 8.94. The number of alkyl carbamates (subject to hydrolysis) is 1. The molecule has 2 aliphatic heterocycles. The lowest BCUT2D eigenvalue weighted by molar-refractivity contribution is -0.152. The second-order valence-corrected chi connectivity index (χ2v) is 13.2. The first kappa shape index (κ1) is 30.0. The molecule has 1 aromatic carbocycles. The number of hydrogen-bond donors (Lipinski definition) is 1. The summed E-state index contributed by atoms with van der Waals surface area (Å²) in [6.07, 6.45) is 4.35. The summed E-state index contributed by atoms with van der Waals surface area (Å²) in [7, 11) is 1.31. The number of ether oxygens (including phenoxy) is 3. The fraction of sp³-hybridized carbons (Fsp3) is 0.656. The summed E-state index contributed by atoms with van der Waals surface area (Å²) in [5.41, 5.74) is 2.89. The molecule has 3 heterocycles. The number of carbonyl (C=O) groups excluding carboxylic acids is 3. The van der Waals surface area contributed by atoms with E-state index in [2.05, 4.69) is 25.2 Å². The van der Waals surface area contributed by atoms with Crippen LogP contribution in [0.3, 0.4) is 0 Å². The molecular formula is C32H44N4O6. The summed E-state index contributed by atoms with van der Waals surface area (Å²) in [4.78, 5) is 51.2. The Morgan fingerprint density at radius 3 is 2.62 bits per heavy atom. The zero-order chi connectivity index (χ0) is 30.2. The highest BCUT2D eigenvalue weighted by Crippen LogP contribution is 2.42. The van der Waals surface area contributed by atoms with Crippen LogP contribution in [-0.4, -0.2) is 70.8 Å². The Hall–Kier alpha value is -3.43. The number of carbonyl (C=O) groups is 3. The molecule has 1 N–H and O–H groups in total. The van der Waals surface area contributed by atoms with Gasteiger partial charge >= 0.3 is 12.1 Å². The van der Waals surface area contributed by atoms with Gasteiger partial charge in [0.2, 0.25) is 11.8 Å². The highest BCUT2D eigenvalue weighted by Gasteiger charge is 2.48. The van der Waals surface area contributed by atoms with Crippen LogP contribution < -0.4 is 10.1 Å². The number of methoxy groups -OCH3 is 1. The predicted molar refractivity (Wildman–Crippen MR) is 157 cm³/mol. The summed E-state index contributed by atoms with van der Waals surface area (Å²) in [5.74, 6) is 0.274. The van der Waals surface area contributed by atoms with E-state index >= 15 is 0 Å². The van der Waals surface area contributed by atoms with E-state index in [1.165, 1.54) is 12.0 Å². The smallest absolute Gasteiger partial charge is 0.408 e. The van der Waals surface area contributed by atoms with Crippen LogP contribution in [0.1, 0.15) is 78.0 Å². The Labute approximate surface area is 247 Å². The van der Waals surface area contributed by atoms with Gasteiger partial charge in [-0.25, -0.2) is 19.6 Å². The maximum atomic E-state index is 14.0. The summed E-state index contributed by atoms with van der Waals surface area (Å²) in [5, 5.41) is 2.82. The molecule has 2 aromatic rings. The lowest BCUT2D eigenvalue weighted by Crippen LogP contribution is -2.57. The maximum Gasteiger partial charge on any atom is 0.408 e. The molecule has 2 fully saturated rings. The number of nitrogens with one attached hydrogen (secondary N) is 1. The number of hydrogen-bond acceptors (Lipinski definition) is 8. The van der Waals surface area contributed by atoms with Gasteiger partial charge in [-0.05, 0) is 54.7 Å². The van der Waals surface area contributed by atoms with E-state index in [4.69, 9.17) is 24.2 Å². The fourth-order valence-corrected chi connectivity index (χ4v) is 6.24. The third kappa shape index (κ3) is 6.47. The summed E-state index contributed by atoms with van der Waals surface area (Å²) >= 11 is 0. The molecule has 0 radical (unpaired) electrons. The molecule has 2 amide bonds. The van der Waals surface area contributed by atoms with E-state index in [-0.39, 0.29) is 25.0 Å². The number of fused-ring (bicyclic) bond motifs is 5. The molecule has 0 spiro atoms. The fourth-order valence-electron chi connectivity index (χ4n) is 6.24. The van der Waals surface area contributed by atoms with E-state index in [1.807, 2.05) is 32.9 Å². The Kier molecular flexibility index (Phi) is 8.62. The van der Waals surface area contributed by atoms with Crippen LogP contribution in [0, 0.1) is 17.3 Å². The van der Waals surface area contributed by atoms with E-state index in [9.17, 15) is 14.4 Å². The number of nitrogens with zero attached hydrogens (tertiary/aromatic N) is 3. The molecular weight excluding hydrogens is 536 g/mol. The largest absolute Gasteiger partial charge is 0.471 e. The Balaban J connectivity index is 1.50. The normalized spacial score (nSPS) is 28.9. The predicted octanol–water partition coefficient (Wildman–Crippen LogP) is 4.61. The monoisotopic (exact) mass is 580 g/mol. The lowest BCUT2D eigenvalue weighted by atomic mass is 9.85. The van der Waals surface area contributed by atoms with Crippen molar-refractivity contribution in [2.24, 2.45) is 17.3 Å². The quantitative estimate of drug-likeness (QED) is 0.512. The van der Waals surface area contributed by atoms with Gasteiger partial charge in [-0.3, -0.25) is 4.79 Å². The molecule has 1 aliphatic carbocycles. The van der Waals surface area contributed by atoms with Crippen LogP contribution in [0.15, 0.2) is 18.2 Å². The standard InChI is InChI=1S/C32H44N4O6/c1-7-19-12-13-22-24(14-19)34-28-23(33-22)11-9-8-10-18(2)21-16-26(21)42-31(39)35-27(32(3,4)5)29(37)36-17-20(41-28)15-25(36)30(38)40-6/h12-14,18,20-21,25-27H,7-11,15-17H2,1-6H3,(H,35,39)/t18-,20+,21-,25-,26+,27+/m0/s1. The lowest BCUT2D eigenvalue weighted by Gasteiger charge is -2.34. The number of amides is 2. The van der Waals surface area contributed by atoms with Gasteiger partial charge in [0, 0.05) is 12.3 Å². The van der Waals surface area contributed by atoms with Crippen molar-refractivity contribution in [3.8, 4) is 5.88 Å². The van der Waals surface area contributed by atoms with Crippen molar-refractivity contribution in [2.45, 2.75) is 104 Å². The van der Waals surface area contributed by atoms with E-state index in [0.717, 1.165) is 54.4 Å². The first-order valence-electron chi connectivity index (χ1n) is 15.3. The van der Waals surface area contributed by atoms with E-state index in [1.54, 1.807) is 0 Å². The molecule has 10 nitrogen and oxygen atoms in total. The van der Waals surface area contributed by atoms with Gasteiger partial charge in [-0.2, -0.15) is 0 Å². The SMILES string of the molecule is CCc1ccc2nc3c(nc2c1)O[C@@H]1C[C@@H](C(=O)OC)N(C1)C(=O)[C@H](C(C)(C)C)NC(=O)O[C@@H]1C[C@H]1[C@@H](C)CCCC3. The van der Waals surface area contributed by atoms with Gasteiger partial charge < -0.3 is 24.4 Å². The minimum atomic E-state index is -0.909. The molecule has 1 saturated carbocycles. The zero-order valence-electron chi connectivity index (χ0n) is 25.6. The minimum Gasteiger partial charge on any atom is -0.471 e. The number of esters is 1. The third-order valence-electron chi connectivity index (χ3n) is 8.94. The number of rotatable bonds is 2. The average molecular weight is 581 g/mol. The molecule has 1 aromatic heterocycles. The summed E-state index contributed by atoms with van der Waals surface area (Å²) in [6.45, 7) is 10.1. The average Bonchev–Trinajstić information content (AvgIpc) is 3.59.